The molecule has 0 radical (unpaired) electrons. The fourth-order valence-electron chi connectivity index (χ4n) is 2.39. The molecule has 19 heavy (non-hydrogen) atoms. The average Bonchev–Trinajstić information content (AvgIpc) is 2.41. The number of amides is 1. The van der Waals surface area contributed by atoms with E-state index in [1.54, 1.807) is 0 Å². The number of nitrogens with one attached hydrogen (secondary N) is 1. The van der Waals surface area contributed by atoms with E-state index in [9.17, 15) is 4.79 Å². The molecule has 0 aliphatic heterocycles. The first-order valence-electron chi connectivity index (χ1n) is 7.75. The summed E-state index contributed by atoms with van der Waals surface area (Å²) < 4.78 is 0. The van der Waals surface area contributed by atoms with Crippen molar-refractivity contribution in [1.29, 1.82) is 0 Å². The van der Waals surface area contributed by atoms with Crippen LogP contribution >= 0.6 is 0 Å². The second-order valence-corrected chi connectivity index (χ2v) is 5.36. The Hall–Kier alpha value is -0.610. The van der Waals surface area contributed by atoms with Crippen molar-refractivity contribution in [1.82, 2.24) is 5.32 Å². The summed E-state index contributed by atoms with van der Waals surface area (Å²) in [5.74, 6) is 1.11. The number of carbonyl (C=O) groups is 1. The molecule has 4 nitrogen and oxygen atoms in total. The van der Waals surface area contributed by atoms with Gasteiger partial charge in [-0.25, -0.2) is 0 Å². The van der Waals surface area contributed by atoms with Crippen LogP contribution in [-0.4, -0.2) is 30.7 Å². The Kier molecular flexibility index (Phi) is 12.0. The molecule has 0 spiro atoms. The lowest BCUT2D eigenvalue weighted by atomic mass is 9.94. The zero-order valence-electron chi connectivity index (χ0n) is 12.7. The zero-order valence-corrected chi connectivity index (χ0v) is 12.7. The monoisotopic (exact) mass is 272 g/mol. The van der Waals surface area contributed by atoms with Gasteiger partial charge in [-0.1, -0.05) is 33.1 Å². The molecule has 4 heteroatoms. The number of hydrogen-bond acceptors (Lipinski definition) is 3. The summed E-state index contributed by atoms with van der Waals surface area (Å²) in [5.41, 5.74) is 5.59. The van der Waals surface area contributed by atoms with Gasteiger partial charge in [-0.3, -0.25) is 4.79 Å². The Balaban J connectivity index is 3.83. The van der Waals surface area contributed by atoms with Crippen molar-refractivity contribution >= 4 is 5.91 Å². The standard InChI is InChI=1S/C15H32N2O2/c1-3-5-14(8-10-16)6-7-15(19)17-12-13(4-2)9-11-18/h13-14,18H,3-12,16H2,1-2H3,(H,17,19). The molecule has 0 rings (SSSR count). The quantitative estimate of drug-likeness (QED) is 0.509. The fourth-order valence-corrected chi connectivity index (χ4v) is 2.39. The summed E-state index contributed by atoms with van der Waals surface area (Å²) in [6.45, 7) is 5.85. The summed E-state index contributed by atoms with van der Waals surface area (Å²) in [5, 5.41) is 11.9. The van der Waals surface area contributed by atoms with Crippen molar-refractivity contribution in [2.75, 3.05) is 19.7 Å². The summed E-state index contributed by atoms with van der Waals surface area (Å²) in [7, 11) is 0. The van der Waals surface area contributed by atoms with Gasteiger partial charge >= 0.3 is 0 Å². The van der Waals surface area contributed by atoms with E-state index in [0.717, 1.165) is 38.5 Å². The largest absolute Gasteiger partial charge is 0.396 e. The van der Waals surface area contributed by atoms with Gasteiger partial charge < -0.3 is 16.2 Å². The number of rotatable bonds is 12. The minimum atomic E-state index is 0.134. The molecule has 0 saturated carbocycles. The lowest BCUT2D eigenvalue weighted by Gasteiger charge is -2.16. The molecule has 0 bridgehead atoms. The van der Waals surface area contributed by atoms with E-state index in [4.69, 9.17) is 10.8 Å². The highest BCUT2D eigenvalue weighted by Gasteiger charge is 2.11. The Morgan fingerprint density at radius 3 is 2.42 bits per heavy atom. The van der Waals surface area contributed by atoms with Crippen LogP contribution in [0.4, 0.5) is 0 Å². The van der Waals surface area contributed by atoms with Crippen LogP contribution in [0.25, 0.3) is 0 Å². The van der Waals surface area contributed by atoms with Crippen LogP contribution < -0.4 is 11.1 Å². The maximum atomic E-state index is 11.8. The van der Waals surface area contributed by atoms with E-state index >= 15 is 0 Å². The van der Waals surface area contributed by atoms with E-state index in [0.29, 0.717) is 31.3 Å². The molecule has 0 heterocycles. The van der Waals surface area contributed by atoms with Gasteiger partial charge in [0, 0.05) is 19.6 Å². The molecule has 0 aromatic rings. The summed E-state index contributed by atoms with van der Waals surface area (Å²) in [6.07, 6.45) is 6.62. The number of aliphatic hydroxyl groups excluding tert-OH is 1. The maximum absolute atomic E-state index is 11.8. The van der Waals surface area contributed by atoms with Crippen molar-refractivity contribution in [3.05, 3.63) is 0 Å². The SMILES string of the molecule is CCCC(CCN)CCC(=O)NCC(CC)CCO. The normalized spacial score (nSPS) is 14.1. The van der Waals surface area contributed by atoms with Crippen molar-refractivity contribution in [3.63, 3.8) is 0 Å². The van der Waals surface area contributed by atoms with Gasteiger partial charge in [0.05, 0.1) is 0 Å². The van der Waals surface area contributed by atoms with Crippen LogP contribution in [0.1, 0.15) is 58.8 Å². The second-order valence-electron chi connectivity index (χ2n) is 5.36. The topological polar surface area (TPSA) is 75.4 Å². The molecule has 1 amide bonds. The third-order valence-corrected chi connectivity index (χ3v) is 3.75. The molecule has 0 aliphatic carbocycles. The van der Waals surface area contributed by atoms with Gasteiger partial charge in [-0.05, 0) is 37.6 Å². The highest BCUT2D eigenvalue weighted by atomic mass is 16.3. The Bertz CT molecular complexity index is 216. The predicted molar refractivity (Wildman–Crippen MR) is 79.8 cm³/mol. The highest BCUT2D eigenvalue weighted by Crippen LogP contribution is 2.16. The molecule has 0 saturated heterocycles. The summed E-state index contributed by atoms with van der Waals surface area (Å²) >= 11 is 0. The van der Waals surface area contributed by atoms with E-state index in [1.165, 1.54) is 0 Å². The van der Waals surface area contributed by atoms with E-state index in [-0.39, 0.29) is 12.5 Å². The van der Waals surface area contributed by atoms with Crippen LogP contribution in [0.5, 0.6) is 0 Å². The van der Waals surface area contributed by atoms with Gasteiger partial charge in [-0.15, -0.1) is 0 Å². The molecular formula is C15H32N2O2. The zero-order chi connectivity index (χ0) is 14.5. The first-order chi connectivity index (χ1) is 9.17. The molecule has 0 aromatic carbocycles. The van der Waals surface area contributed by atoms with Crippen LogP contribution in [0.2, 0.25) is 0 Å². The summed E-state index contributed by atoms with van der Waals surface area (Å²) in [4.78, 5) is 11.8. The molecule has 2 atom stereocenters. The fraction of sp³-hybridized carbons (Fsp3) is 0.933. The maximum Gasteiger partial charge on any atom is 0.220 e. The predicted octanol–water partition coefficient (Wildman–Crippen LogP) is 2.06. The minimum absolute atomic E-state index is 0.134. The third kappa shape index (κ3) is 9.91. The molecule has 4 N–H and O–H groups in total. The molecule has 114 valence electrons. The minimum Gasteiger partial charge on any atom is -0.396 e. The van der Waals surface area contributed by atoms with Crippen molar-refractivity contribution < 1.29 is 9.90 Å². The molecule has 0 aromatic heterocycles. The first kappa shape index (κ1) is 18.4. The molecular weight excluding hydrogens is 240 g/mol. The van der Waals surface area contributed by atoms with Crippen LogP contribution in [0.15, 0.2) is 0 Å². The second kappa shape index (κ2) is 12.4. The lowest BCUT2D eigenvalue weighted by molar-refractivity contribution is -0.121. The number of hydrogen-bond donors (Lipinski definition) is 3. The number of carbonyl (C=O) groups excluding carboxylic acids is 1. The van der Waals surface area contributed by atoms with Crippen molar-refractivity contribution in [2.45, 2.75) is 58.8 Å². The number of aliphatic hydroxyl groups is 1. The van der Waals surface area contributed by atoms with Crippen molar-refractivity contribution in [2.24, 2.45) is 17.6 Å². The lowest BCUT2D eigenvalue weighted by Crippen LogP contribution is -2.29. The summed E-state index contributed by atoms with van der Waals surface area (Å²) in [6, 6.07) is 0. The van der Waals surface area contributed by atoms with E-state index < -0.39 is 0 Å². The number of nitrogens with two attached hydrogens (primary N) is 1. The van der Waals surface area contributed by atoms with Crippen LogP contribution in [0, 0.1) is 11.8 Å². The van der Waals surface area contributed by atoms with E-state index in [1.807, 2.05) is 0 Å². The van der Waals surface area contributed by atoms with Crippen LogP contribution in [0.3, 0.4) is 0 Å². The van der Waals surface area contributed by atoms with Gasteiger partial charge in [-0.2, -0.15) is 0 Å². The highest BCUT2D eigenvalue weighted by molar-refractivity contribution is 5.75. The van der Waals surface area contributed by atoms with Crippen LogP contribution in [-0.2, 0) is 4.79 Å². The molecule has 2 unspecified atom stereocenters. The third-order valence-electron chi connectivity index (χ3n) is 3.75. The first-order valence-corrected chi connectivity index (χ1v) is 7.75. The van der Waals surface area contributed by atoms with Crippen molar-refractivity contribution in [3.8, 4) is 0 Å². The van der Waals surface area contributed by atoms with E-state index in [2.05, 4.69) is 19.2 Å². The van der Waals surface area contributed by atoms with Gasteiger partial charge in [0.1, 0.15) is 0 Å². The molecule has 0 aliphatic rings. The Morgan fingerprint density at radius 1 is 1.16 bits per heavy atom. The Labute approximate surface area is 118 Å². The van der Waals surface area contributed by atoms with Gasteiger partial charge in [0.2, 0.25) is 5.91 Å². The Morgan fingerprint density at radius 2 is 1.89 bits per heavy atom. The van der Waals surface area contributed by atoms with Gasteiger partial charge in [0.25, 0.3) is 0 Å². The molecule has 0 fully saturated rings. The van der Waals surface area contributed by atoms with Gasteiger partial charge in [0.15, 0.2) is 0 Å². The smallest absolute Gasteiger partial charge is 0.220 e. The average molecular weight is 272 g/mol.